The number of aryl methyl sites for hydroxylation is 2. The summed E-state index contributed by atoms with van der Waals surface area (Å²) >= 11 is 12.4. The second-order valence-electron chi connectivity index (χ2n) is 16.1. The zero-order valence-corrected chi connectivity index (χ0v) is 38.8. The smallest absolute Gasteiger partial charge is 0.306 e. The number of amides is 2. The molecule has 14 nitrogen and oxygen atoms in total. The molecule has 4 N–H and O–H groups in total. The number of rotatable bonds is 25. The number of aromatic nitrogens is 8. The standard InChI is InChI=1S/C27H38ClN5O3.C20H26ClN5O/c1-3-4-5-6-7-8-9-10-11-12-19-36-24(35)18-17-23(34)29-22-15-13-21(14-16-22)26-30-27-25(28)20(2)31-33(27)32-26;1-3-4-5-6-7-8-9-17(27)22-16-12-10-15(11-13-16)19-23-20-18(21)14(2)24-26(20)25-19/h13-16,31H,3-12,17-19H2,1-2H3,(H,29,34);10-13,24H,3-9H2,1-2H3,(H,22,27). The maximum atomic E-state index is 12.2. The van der Waals surface area contributed by atoms with Crippen LogP contribution in [-0.2, 0) is 19.1 Å². The first-order valence-corrected chi connectivity index (χ1v) is 23.5. The summed E-state index contributed by atoms with van der Waals surface area (Å²) in [6.45, 7) is 8.61. The largest absolute Gasteiger partial charge is 0.466 e. The summed E-state index contributed by atoms with van der Waals surface area (Å²) in [5.41, 5.74) is 5.92. The van der Waals surface area contributed by atoms with E-state index in [4.69, 9.17) is 27.9 Å². The lowest BCUT2D eigenvalue weighted by Crippen LogP contribution is -2.14. The normalized spacial score (nSPS) is 11.2. The summed E-state index contributed by atoms with van der Waals surface area (Å²) in [6, 6.07) is 14.7. The third-order valence-electron chi connectivity index (χ3n) is 10.7. The van der Waals surface area contributed by atoms with E-state index in [9.17, 15) is 14.4 Å². The third kappa shape index (κ3) is 15.5. The number of unbranched alkanes of at least 4 members (excludes halogenated alkanes) is 14. The maximum Gasteiger partial charge on any atom is 0.306 e. The van der Waals surface area contributed by atoms with Gasteiger partial charge in [0.1, 0.15) is 10.0 Å². The highest BCUT2D eigenvalue weighted by molar-refractivity contribution is 6.34. The van der Waals surface area contributed by atoms with Crippen LogP contribution in [0.3, 0.4) is 0 Å². The Bertz CT molecular complexity index is 2330. The number of nitrogens with one attached hydrogen (secondary N) is 4. The molecular weight excluding hydrogens is 839 g/mol. The van der Waals surface area contributed by atoms with Gasteiger partial charge in [0.15, 0.2) is 22.9 Å². The van der Waals surface area contributed by atoms with Gasteiger partial charge in [-0.15, -0.1) is 10.2 Å². The number of hydrogen-bond acceptors (Lipinski definition) is 8. The summed E-state index contributed by atoms with van der Waals surface area (Å²) in [4.78, 5) is 45.1. The first-order valence-electron chi connectivity index (χ1n) is 22.7. The van der Waals surface area contributed by atoms with Crippen LogP contribution in [0.2, 0.25) is 10.0 Å². The van der Waals surface area contributed by atoms with Crippen LogP contribution < -0.4 is 10.6 Å². The Hall–Kier alpha value is -5.21. The topological polar surface area (TPSA) is 176 Å². The number of carbonyl (C=O) groups is 3. The molecule has 0 atom stereocenters. The number of fused-ring (bicyclic) bond motifs is 2. The molecule has 0 radical (unpaired) electrons. The second kappa shape index (κ2) is 25.8. The number of anilines is 2. The van der Waals surface area contributed by atoms with Gasteiger partial charge in [-0.05, 0) is 75.2 Å². The number of carbonyl (C=O) groups excluding carboxylic acids is 3. The van der Waals surface area contributed by atoms with Crippen molar-refractivity contribution in [3.8, 4) is 22.8 Å². The van der Waals surface area contributed by atoms with E-state index in [0.29, 0.717) is 51.7 Å². The van der Waals surface area contributed by atoms with Crippen molar-refractivity contribution in [1.29, 1.82) is 0 Å². The van der Waals surface area contributed by atoms with Crippen molar-refractivity contribution in [2.45, 2.75) is 150 Å². The van der Waals surface area contributed by atoms with Crippen LogP contribution in [-0.4, -0.2) is 64.0 Å². The molecule has 4 aromatic heterocycles. The molecule has 0 aliphatic rings. The highest BCUT2D eigenvalue weighted by Gasteiger charge is 2.15. The number of esters is 1. The number of aromatic amines is 2. The molecule has 0 aliphatic carbocycles. The number of halogens is 2. The van der Waals surface area contributed by atoms with E-state index in [1.807, 2.05) is 50.2 Å². The summed E-state index contributed by atoms with van der Waals surface area (Å²) < 4.78 is 8.38. The molecule has 0 fully saturated rings. The van der Waals surface area contributed by atoms with E-state index < -0.39 is 0 Å². The fraction of sp³-hybridized carbons (Fsp3) is 0.511. The average molecular weight is 904 g/mol. The Labute approximate surface area is 380 Å². The molecule has 0 aliphatic heterocycles. The third-order valence-corrected chi connectivity index (χ3v) is 11.6. The van der Waals surface area contributed by atoms with Crippen LogP contribution in [0.4, 0.5) is 11.4 Å². The lowest BCUT2D eigenvalue weighted by molar-refractivity contribution is -0.144. The highest BCUT2D eigenvalue weighted by Crippen LogP contribution is 2.26. The van der Waals surface area contributed by atoms with Gasteiger partial charge in [0.2, 0.25) is 11.8 Å². The molecule has 0 saturated heterocycles. The lowest BCUT2D eigenvalue weighted by Gasteiger charge is -2.07. The van der Waals surface area contributed by atoms with Crippen LogP contribution in [0.5, 0.6) is 0 Å². The predicted molar refractivity (Wildman–Crippen MR) is 252 cm³/mol. The van der Waals surface area contributed by atoms with Crippen molar-refractivity contribution in [2.75, 3.05) is 17.2 Å². The van der Waals surface area contributed by atoms with Crippen LogP contribution in [0.25, 0.3) is 34.1 Å². The zero-order chi connectivity index (χ0) is 45.0. The first-order chi connectivity index (χ1) is 30.6. The lowest BCUT2D eigenvalue weighted by atomic mass is 10.1. The van der Waals surface area contributed by atoms with Crippen molar-refractivity contribution in [3.05, 3.63) is 70.0 Å². The number of H-pyrrole nitrogens is 2. The molecule has 63 heavy (non-hydrogen) atoms. The van der Waals surface area contributed by atoms with E-state index >= 15 is 0 Å². The predicted octanol–water partition coefficient (Wildman–Crippen LogP) is 12.2. The van der Waals surface area contributed by atoms with E-state index in [-0.39, 0.29) is 30.6 Å². The molecular formula is C47H64Cl2N10O4. The van der Waals surface area contributed by atoms with Gasteiger partial charge >= 0.3 is 5.97 Å². The average Bonchev–Trinajstić information content (AvgIpc) is 4.02. The van der Waals surface area contributed by atoms with Gasteiger partial charge < -0.3 is 15.4 Å². The first kappa shape index (κ1) is 48.8. The molecule has 0 bridgehead atoms. The molecule has 2 amide bonds. The number of hydrogen-bond donors (Lipinski definition) is 4. The molecule has 4 heterocycles. The summed E-state index contributed by atoms with van der Waals surface area (Å²) in [5.74, 6) is 0.634. The fourth-order valence-electron chi connectivity index (χ4n) is 7.04. The van der Waals surface area contributed by atoms with Gasteiger partial charge in [-0.25, -0.2) is 9.97 Å². The molecule has 0 unspecified atom stereocenters. The molecule has 0 spiro atoms. The molecule has 340 valence electrons. The van der Waals surface area contributed by atoms with Gasteiger partial charge in [-0.2, -0.15) is 9.26 Å². The highest BCUT2D eigenvalue weighted by atomic mass is 35.5. The maximum absolute atomic E-state index is 12.2. The van der Waals surface area contributed by atoms with Crippen molar-refractivity contribution in [1.82, 2.24) is 39.6 Å². The Morgan fingerprint density at radius 2 is 0.952 bits per heavy atom. The van der Waals surface area contributed by atoms with Crippen LogP contribution >= 0.6 is 23.2 Å². The minimum Gasteiger partial charge on any atom is -0.466 e. The minimum absolute atomic E-state index is 0.0638. The van der Waals surface area contributed by atoms with Gasteiger partial charge in [-0.3, -0.25) is 24.6 Å². The second-order valence-corrected chi connectivity index (χ2v) is 16.9. The Kier molecular flexibility index (Phi) is 20.0. The number of benzene rings is 2. The van der Waals surface area contributed by atoms with E-state index in [2.05, 4.69) is 54.8 Å². The van der Waals surface area contributed by atoms with Crippen molar-refractivity contribution in [3.63, 3.8) is 0 Å². The fourth-order valence-corrected chi connectivity index (χ4v) is 7.37. The van der Waals surface area contributed by atoms with Gasteiger partial charge in [-0.1, -0.05) is 127 Å². The van der Waals surface area contributed by atoms with Gasteiger partial charge in [0.05, 0.1) is 24.4 Å². The molecule has 2 aromatic carbocycles. The SMILES string of the molecule is CCCCCCCCC(=O)Nc1ccc(-c2nc3c(Cl)c(C)[nH]n3n2)cc1.CCCCCCCCCCCCOC(=O)CCC(=O)Nc1ccc(-c2nc3c(Cl)c(C)[nH]n3n2)cc1. The molecule has 6 aromatic rings. The molecule has 16 heteroatoms. The quantitative estimate of drug-likeness (QED) is 0.0324. The zero-order valence-electron chi connectivity index (χ0n) is 37.3. The van der Waals surface area contributed by atoms with Crippen LogP contribution in [0.15, 0.2) is 48.5 Å². The van der Waals surface area contributed by atoms with E-state index in [1.165, 1.54) is 81.7 Å². The van der Waals surface area contributed by atoms with Gasteiger partial charge in [0, 0.05) is 35.3 Å². The van der Waals surface area contributed by atoms with Gasteiger partial charge in [0.25, 0.3) is 0 Å². The Morgan fingerprint density at radius 3 is 1.38 bits per heavy atom. The summed E-state index contributed by atoms with van der Waals surface area (Å²) in [6.07, 6.45) is 20.2. The molecule has 6 rings (SSSR count). The Morgan fingerprint density at radius 1 is 0.556 bits per heavy atom. The van der Waals surface area contributed by atoms with Crippen molar-refractivity contribution in [2.24, 2.45) is 0 Å². The number of nitrogens with zero attached hydrogens (tertiary/aromatic N) is 6. The minimum atomic E-state index is -0.327. The van der Waals surface area contributed by atoms with Crippen LogP contribution in [0.1, 0.15) is 147 Å². The Balaban J connectivity index is 0.000000247. The summed E-state index contributed by atoms with van der Waals surface area (Å²) in [5, 5.41) is 21.7. The summed E-state index contributed by atoms with van der Waals surface area (Å²) in [7, 11) is 0. The van der Waals surface area contributed by atoms with Crippen molar-refractivity contribution < 1.29 is 19.1 Å². The van der Waals surface area contributed by atoms with E-state index in [1.54, 1.807) is 16.8 Å². The monoisotopic (exact) mass is 902 g/mol. The van der Waals surface area contributed by atoms with Crippen LogP contribution in [0, 0.1) is 13.8 Å². The molecule has 0 saturated carbocycles. The van der Waals surface area contributed by atoms with E-state index in [0.717, 1.165) is 53.9 Å². The number of ether oxygens (including phenoxy) is 1. The van der Waals surface area contributed by atoms with Crippen molar-refractivity contribution >= 4 is 63.7 Å².